The molecule has 6 N–H and O–H groups in total. The standard InChI is InChI=1S/C12H24ClNO4.C12H24INO4.C10H23NO3.C9H16INO5.C9H20O5S.C2H2Cl2O.ClH.HI.K.H3P.W/c2*1-3-18-11(2)4-6-16-8-9-17-7-5-14-12(15)10-13;1-3-14-10(2)4-6-12-8-9-13-7-5-11;10-7-8(12)11-2-4-16-6-5-15-3-1-9(13)14;1-4-13-9(2)5-6-12-7-8-14-15(3,10)11;3-1-2(4)5;;;;;/h2*11H,3-10H2,1-2H3,(H,14,15);10H,3-9,11H2,1-2H3;1-7H2,(H,11,12)(H,13,14);9H,4-8H2,1-3H3;1H2;2*1H;;1H3;/q;;;;;;;;+1;;/p-1. The first-order valence-corrected chi connectivity index (χ1v) is 35.1. The molecule has 0 fully saturated rings. The van der Waals surface area contributed by atoms with Gasteiger partial charge >= 0.3 is 57.4 Å². The third-order valence-corrected chi connectivity index (χ3v) is 12.1. The second-order valence-electron chi connectivity index (χ2n) is 17.1. The molecule has 91 heavy (non-hydrogen) atoms. The Kier molecular flexibility index (Phi) is 129. The van der Waals surface area contributed by atoms with Crippen molar-refractivity contribution >= 4 is 141 Å². The largest absolute Gasteiger partial charge is 1.00 e. The van der Waals surface area contributed by atoms with Crippen molar-refractivity contribution in [3.8, 4) is 0 Å². The number of hydrogen-bond acceptors (Lipinski definition) is 22. The average Bonchev–Trinajstić information content (AvgIpc) is 3.48. The zero-order valence-electron chi connectivity index (χ0n) is 55.6. The van der Waals surface area contributed by atoms with Crippen molar-refractivity contribution in [2.75, 3.05) is 205 Å². The van der Waals surface area contributed by atoms with Crippen LogP contribution in [0.1, 0.15) is 87.5 Å². The summed E-state index contributed by atoms with van der Waals surface area (Å²) in [6.07, 6.45) is 5.49. The van der Waals surface area contributed by atoms with Crippen molar-refractivity contribution in [3.63, 3.8) is 0 Å². The predicted molar refractivity (Wildman–Crippen MR) is 370 cm³/mol. The monoisotopic (exact) mass is 1980 g/mol. The summed E-state index contributed by atoms with van der Waals surface area (Å²) >= 11 is 18.9. The van der Waals surface area contributed by atoms with E-state index in [0.29, 0.717) is 141 Å². The van der Waals surface area contributed by atoms with Gasteiger partial charge in [0.2, 0.25) is 23.0 Å². The van der Waals surface area contributed by atoms with Crippen LogP contribution in [0.25, 0.3) is 0 Å². The van der Waals surface area contributed by atoms with E-state index >= 15 is 0 Å². The fourth-order valence-electron chi connectivity index (χ4n) is 5.28. The van der Waals surface area contributed by atoms with Gasteiger partial charge in [-0.05, 0) is 92.7 Å². The second-order valence-corrected chi connectivity index (χ2v) is 21.3. The molecule has 0 aliphatic carbocycles. The first kappa shape index (κ1) is 118. The van der Waals surface area contributed by atoms with Crippen LogP contribution in [0.5, 0.6) is 0 Å². The van der Waals surface area contributed by atoms with Crippen LogP contribution >= 0.6 is 102 Å². The minimum absolute atomic E-state index is 0. The van der Waals surface area contributed by atoms with Crippen molar-refractivity contribution in [2.45, 2.75) is 112 Å². The van der Waals surface area contributed by atoms with Crippen molar-refractivity contribution in [3.05, 3.63) is 0 Å². The second kappa shape index (κ2) is 99.4. The van der Waals surface area contributed by atoms with Gasteiger partial charge in [0, 0.05) is 100 Å². The van der Waals surface area contributed by atoms with Crippen molar-refractivity contribution in [2.24, 2.45) is 5.73 Å². The van der Waals surface area contributed by atoms with E-state index in [2.05, 4.69) is 27.1 Å². The van der Waals surface area contributed by atoms with E-state index in [-0.39, 0.29) is 199 Å². The Bertz CT molecular complexity index is 1570. The Morgan fingerprint density at radius 3 is 0.967 bits per heavy atom. The van der Waals surface area contributed by atoms with Gasteiger partial charge in [0.05, 0.1) is 151 Å². The molecule has 3 amide bonds. The van der Waals surface area contributed by atoms with Gasteiger partial charge in [0.1, 0.15) is 5.88 Å². The van der Waals surface area contributed by atoms with Gasteiger partial charge in [-0.25, -0.2) is 0 Å². The van der Waals surface area contributed by atoms with Gasteiger partial charge in [0.25, 0.3) is 10.1 Å². The number of nitrogens with two attached hydrogens (primary N) is 1. The average molecular weight is 1980 g/mol. The minimum Gasteiger partial charge on any atom is -1.00 e. The number of halogens is 7. The van der Waals surface area contributed by atoms with E-state index in [9.17, 15) is 32.4 Å². The van der Waals surface area contributed by atoms with E-state index in [1.165, 1.54) is 0 Å². The number of carbonyl (C=O) groups is 5. The number of aliphatic carboxylic acids is 1. The number of rotatable bonds is 54. The molecule has 5 atom stereocenters. The summed E-state index contributed by atoms with van der Waals surface area (Å²) in [5.41, 5.74) is 5.26. The van der Waals surface area contributed by atoms with E-state index in [4.69, 9.17) is 107 Å². The van der Waals surface area contributed by atoms with Gasteiger partial charge in [-0.1, -0.05) is 45.2 Å². The number of alkyl halides is 4. The van der Waals surface area contributed by atoms with Gasteiger partial charge in [-0.3, -0.25) is 28.2 Å². The normalized spacial score (nSPS) is 11.4. The molecule has 0 aromatic heterocycles. The quantitative estimate of drug-likeness (QED) is 0.00991. The van der Waals surface area contributed by atoms with E-state index < -0.39 is 21.3 Å². The maximum Gasteiger partial charge on any atom is 1.00 e. The molecule has 0 bridgehead atoms. The summed E-state index contributed by atoms with van der Waals surface area (Å²) in [6.45, 7) is 30.5. The third kappa shape index (κ3) is 127. The van der Waals surface area contributed by atoms with Crippen LogP contribution in [-0.4, -0.2) is 272 Å². The zero-order valence-corrected chi connectivity index (χ0v) is 73.4. The molecule has 0 rings (SSSR count). The maximum atomic E-state index is 10.9. The number of carbonyl (C=O) groups excluding carboxylic acids is 4. The summed E-state index contributed by atoms with van der Waals surface area (Å²) < 4.78 is 95.2. The number of carboxylic acid groups (broad SMARTS) is 1. The Balaban J connectivity index is -0.0000000947. The fourth-order valence-corrected chi connectivity index (χ4v) is 6.28. The molecular weight excluding hydrogens is 1870 g/mol. The smallest absolute Gasteiger partial charge is 1.00 e. The number of amides is 3. The van der Waals surface area contributed by atoms with Crippen LogP contribution in [0.4, 0.5) is 0 Å². The van der Waals surface area contributed by atoms with Crippen LogP contribution < -0.4 is 97.0 Å². The summed E-state index contributed by atoms with van der Waals surface area (Å²) in [5.74, 6) is -1.13. The molecule has 37 heteroatoms. The first-order chi connectivity index (χ1) is 41.1. The molecule has 548 valence electrons. The topological polar surface area (TPSA) is 331 Å². The van der Waals surface area contributed by atoms with Gasteiger partial charge in [-0.15, -0.1) is 35.6 Å². The molecule has 26 nitrogen and oxygen atoms in total. The van der Waals surface area contributed by atoms with Crippen LogP contribution in [0.3, 0.4) is 0 Å². The Hall–Kier alpha value is 3.00. The summed E-state index contributed by atoms with van der Waals surface area (Å²) in [7, 11) is -3.34. The fraction of sp³-hybridized carbons (Fsp3) is 0.907. The van der Waals surface area contributed by atoms with Crippen molar-refractivity contribution in [1.82, 2.24) is 16.0 Å². The van der Waals surface area contributed by atoms with E-state index in [1.54, 1.807) is 0 Å². The Labute approximate surface area is 671 Å². The zero-order chi connectivity index (χ0) is 66.2. The molecule has 0 aliphatic rings. The summed E-state index contributed by atoms with van der Waals surface area (Å²) in [4.78, 5) is 52.0. The first-order valence-electron chi connectivity index (χ1n) is 28.8. The molecule has 0 aromatic rings. The number of ether oxygens (including phenoxy) is 13. The summed E-state index contributed by atoms with van der Waals surface area (Å²) in [6, 6.07) is 0. The van der Waals surface area contributed by atoms with E-state index in [0.717, 1.165) is 58.4 Å². The molecule has 0 aromatic carbocycles. The van der Waals surface area contributed by atoms with Gasteiger partial charge in [0.15, 0.2) is 0 Å². The van der Waals surface area contributed by atoms with Crippen molar-refractivity contribution in [1.29, 1.82) is 0 Å². The maximum absolute atomic E-state index is 10.9. The van der Waals surface area contributed by atoms with E-state index in [1.807, 2.05) is 93.6 Å². The number of hydrogen-bond donors (Lipinski definition) is 5. The number of carboxylic acids is 1. The van der Waals surface area contributed by atoms with Crippen LogP contribution in [0, 0.1) is 0 Å². The molecule has 5 unspecified atom stereocenters. The minimum atomic E-state index is -3.34. The SMILES string of the molecule is CCOC(C)CCOCCOCCN.CCOC(C)CCOCCOCCNC(=O)CCl.CCOC(C)CCOCCOCCNC(=O)CI.CCOC(C)CCOCCOS(C)(=O)=O.Cl.O=C(Cl)CCl.O=C(O)CCOCCOCCNC(=O)CI.P.[I-].[K+].[W]. The van der Waals surface area contributed by atoms with Gasteiger partial charge in [-0.2, -0.15) is 18.3 Å². The molecule has 0 radical (unpaired) electrons. The van der Waals surface area contributed by atoms with Gasteiger partial charge < -0.3 is 112 Å². The van der Waals surface area contributed by atoms with Crippen LogP contribution in [-0.2, 0) is 121 Å². The third-order valence-electron chi connectivity index (χ3n) is 9.39. The van der Waals surface area contributed by atoms with Crippen molar-refractivity contribution < 1.29 is 200 Å². The molecule has 0 aliphatic heterocycles. The molecule has 0 saturated carbocycles. The Morgan fingerprint density at radius 1 is 0.484 bits per heavy atom. The molecular formula is C54H113Cl4I3KN4O22PSW. The number of nitrogens with one attached hydrogen (secondary N) is 3. The van der Waals surface area contributed by atoms with Crippen LogP contribution in [0.15, 0.2) is 0 Å². The predicted octanol–water partition coefficient (Wildman–Crippen LogP) is -0.315. The molecule has 0 heterocycles. The molecule has 0 spiro atoms. The van der Waals surface area contributed by atoms with Crippen LogP contribution in [0.2, 0.25) is 0 Å². The Morgan fingerprint density at radius 2 is 0.736 bits per heavy atom. The summed E-state index contributed by atoms with van der Waals surface area (Å²) in [5, 5.41) is 15.8. The molecule has 0 saturated heterocycles.